The number of nitrogens with zero attached hydrogens (tertiary/aromatic N) is 2. The molecule has 1 aromatic carbocycles. The van der Waals surface area contributed by atoms with Crippen molar-refractivity contribution in [2.75, 3.05) is 20.1 Å². The molecule has 0 N–H and O–H groups in total. The number of rotatable bonds is 3. The van der Waals surface area contributed by atoms with E-state index in [1.807, 2.05) is 6.92 Å². The number of amides is 2. The summed E-state index contributed by atoms with van der Waals surface area (Å²) in [5.41, 5.74) is 0.424. The maximum Gasteiger partial charge on any atom is 0.340 e. The van der Waals surface area contributed by atoms with E-state index in [2.05, 4.69) is 0 Å². The van der Waals surface area contributed by atoms with Crippen LogP contribution in [0.5, 0.6) is 0 Å². The van der Waals surface area contributed by atoms with E-state index < -0.39 is 12.2 Å². The predicted octanol–water partition coefficient (Wildman–Crippen LogP) is 2.60. The second kappa shape index (κ2) is 6.13. The van der Waals surface area contributed by atoms with E-state index in [0.29, 0.717) is 30.1 Å². The molecule has 1 saturated heterocycles. The predicted molar refractivity (Wildman–Crippen MR) is 75.7 cm³/mol. The number of ether oxygens (including phenoxy) is 1. The number of esters is 1. The summed E-state index contributed by atoms with van der Waals surface area (Å²) in [5, 5.41) is 0.560. The van der Waals surface area contributed by atoms with Gasteiger partial charge in [0.2, 0.25) is 0 Å². The van der Waals surface area contributed by atoms with Crippen LogP contribution in [0, 0.1) is 0 Å². The average molecular weight is 297 g/mol. The van der Waals surface area contributed by atoms with E-state index in [1.54, 1.807) is 36.2 Å². The zero-order chi connectivity index (χ0) is 14.7. The molecular formula is C14H17ClN2O3. The third kappa shape index (κ3) is 3.04. The van der Waals surface area contributed by atoms with Crippen molar-refractivity contribution in [2.24, 2.45) is 0 Å². The molecule has 20 heavy (non-hydrogen) atoms. The molecule has 2 amide bonds. The molecule has 0 radical (unpaired) electrons. The molecule has 5 nitrogen and oxygen atoms in total. The zero-order valence-corrected chi connectivity index (χ0v) is 12.3. The highest BCUT2D eigenvalue weighted by molar-refractivity contribution is 6.30. The van der Waals surface area contributed by atoms with Crippen molar-refractivity contribution in [3.05, 3.63) is 34.9 Å². The Kier molecular flexibility index (Phi) is 4.49. The number of hydrogen-bond donors (Lipinski definition) is 0. The Morgan fingerprint density at radius 1 is 1.40 bits per heavy atom. The highest BCUT2D eigenvalue weighted by Gasteiger charge is 2.32. The van der Waals surface area contributed by atoms with E-state index >= 15 is 0 Å². The van der Waals surface area contributed by atoms with Gasteiger partial charge in [0.25, 0.3) is 0 Å². The molecule has 0 spiro atoms. The number of hydrogen-bond acceptors (Lipinski definition) is 3. The van der Waals surface area contributed by atoms with Gasteiger partial charge in [0.1, 0.15) is 0 Å². The Morgan fingerprint density at radius 3 is 2.65 bits per heavy atom. The summed E-state index contributed by atoms with van der Waals surface area (Å²) in [4.78, 5) is 27.2. The third-order valence-electron chi connectivity index (χ3n) is 3.35. The summed E-state index contributed by atoms with van der Waals surface area (Å²) >= 11 is 5.77. The summed E-state index contributed by atoms with van der Waals surface area (Å²) in [6.45, 7) is 3.17. The Labute approximate surface area is 123 Å². The molecule has 1 aliphatic rings. The van der Waals surface area contributed by atoms with Gasteiger partial charge in [-0.15, -0.1) is 0 Å². The molecule has 1 fully saturated rings. The van der Waals surface area contributed by atoms with Gasteiger partial charge >= 0.3 is 12.0 Å². The second-order valence-electron chi connectivity index (χ2n) is 4.63. The number of halogens is 1. The van der Waals surface area contributed by atoms with Crippen molar-refractivity contribution in [1.29, 1.82) is 0 Å². The highest BCUT2D eigenvalue weighted by Crippen LogP contribution is 2.17. The van der Waals surface area contributed by atoms with E-state index in [0.717, 1.165) is 0 Å². The zero-order valence-electron chi connectivity index (χ0n) is 11.5. The van der Waals surface area contributed by atoms with Crippen molar-refractivity contribution in [3.8, 4) is 0 Å². The first-order valence-electron chi connectivity index (χ1n) is 6.51. The molecule has 6 heteroatoms. The van der Waals surface area contributed by atoms with Gasteiger partial charge in [-0.1, -0.05) is 11.6 Å². The molecule has 108 valence electrons. The van der Waals surface area contributed by atoms with Crippen LogP contribution in [0.15, 0.2) is 24.3 Å². The molecule has 2 rings (SSSR count). The monoisotopic (exact) mass is 296 g/mol. The van der Waals surface area contributed by atoms with Crippen molar-refractivity contribution < 1.29 is 14.3 Å². The summed E-state index contributed by atoms with van der Waals surface area (Å²) in [5.74, 6) is -0.448. The topological polar surface area (TPSA) is 49.9 Å². The number of urea groups is 1. The van der Waals surface area contributed by atoms with E-state index in [1.165, 1.54) is 4.90 Å². The van der Waals surface area contributed by atoms with Gasteiger partial charge in [-0.3, -0.25) is 4.90 Å². The lowest BCUT2D eigenvalue weighted by Crippen LogP contribution is -2.53. The van der Waals surface area contributed by atoms with Crippen LogP contribution in [0.2, 0.25) is 5.02 Å². The van der Waals surface area contributed by atoms with Crippen LogP contribution in [0.1, 0.15) is 23.7 Å². The van der Waals surface area contributed by atoms with Crippen LogP contribution in [0.3, 0.4) is 0 Å². The van der Waals surface area contributed by atoms with Gasteiger partial charge in [0.05, 0.1) is 5.56 Å². The van der Waals surface area contributed by atoms with Gasteiger partial charge in [0.15, 0.2) is 6.23 Å². The van der Waals surface area contributed by atoms with E-state index in [4.69, 9.17) is 16.3 Å². The van der Waals surface area contributed by atoms with Crippen molar-refractivity contribution in [1.82, 2.24) is 9.80 Å². The summed E-state index contributed by atoms with van der Waals surface area (Å²) in [6, 6.07) is 6.36. The fourth-order valence-corrected chi connectivity index (χ4v) is 2.24. The quantitative estimate of drug-likeness (QED) is 0.806. The van der Waals surface area contributed by atoms with Gasteiger partial charge in [-0.2, -0.15) is 0 Å². The Hall–Kier alpha value is -1.75. The fraction of sp³-hybridized carbons (Fsp3) is 0.429. The van der Waals surface area contributed by atoms with Gasteiger partial charge < -0.3 is 9.64 Å². The Morgan fingerprint density at radius 2 is 2.05 bits per heavy atom. The number of benzene rings is 1. The molecule has 1 aliphatic heterocycles. The molecule has 1 atom stereocenters. The maximum atomic E-state index is 12.0. The standard InChI is InChI=1S/C14H17ClN2O3/c1-3-17-9-8-12(16(2)14(17)19)20-13(18)10-4-6-11(15)7-5-10/h4-7,12H,3,8-9H2,1-2H3. The molecule has 0 aliphatic carbocycles. The summed E-state index contributed by atoms with van der Waals surface area (Å²) in [7, 11) is 1.64. The lowest BCUT2D eigenvalue weighted by Gasteiger charge is -2.38. The first kappa shape index (κ1) is 14.7. The van der Waals surface area contributed by atoms with E-state index in [-0.39, 0.29) is 6.03 Å². The molecule has 0 bridgehead atoms. The second-order valence-corrected chi connectivity index (χ2v) is 5.07. The maximum absolute atomic E-state index is 12.0. The van der Waals surface area contributed by atoms with Crippen LogP contribution >= 0.6 is 11.6 Å². The van der Waals surface area contributed by atoms with Crippen LogP contribution in [-0.2, 0) is 4.74 Å². The van der Waals surface area contributed by atoms with Crippen molar-refractivity contribution in [3.63, 3.8) is 0 Å². The lowest BCUT2D eigenvalue weighted by atomic mass is 10.2. The molecule has 1 heterocycles. The third-order valence-corrected chi connectivity index (χ3v) is 3.61. The number of carbonyl (C=O) groups excluding carboxylic acids is 2. The summed E-state index contributed by atoms with van der Waals surface area (Å²) < 4.78 is 5.39. The minimum absolute atomic E-state index is 0.118. The van der Waals surface area contributed by atoms with Crippen LogP contribution in [-0.4, -0.2) is 48.2 Å². The van der Waals surface area contributed by atoms with Crippen molar-refractivity contribution in [2.45, 2.75) is 19.6 Å². The number of carbonyl (C=O) groups is 2. The first-order chi connectivity index (χ1) is 9.52. The van der Waals surface area contributed by atoms with Crippen molar-refractivity contribution >= 4 is 23.6 Å². The smallest absolute Gasteiger partial charge is 0.340 e. The molecule has 0 saturated carbocycles. The van der Waals surface area contributed by atoms with Gasteiger partial charge in [-0.05, 0) is 31.2 Å². The largest absolute Gasteiger partial charge is 0.438 e. The molecule has 1 aromatic rings. The molecular weight excluding hydrogens is 280 g/mol. The average Bonchev–Trinajstić information content (AvgIpc) is 2.45. The molecule has 1 unspecified atom stereocenters. The summed E-state index contributed by atoms with van der Waals surface area (Å²) in [6.07, 6.45) is 0.0866. The van der Waals surface area contributed by atoms with Gasteiger partial charge in [0, 0.05) is 31.6 Å². The Balaban J connectivity index is 2.01. The van der Waals surface area contributed by atoms with Gasteiger partial charge in [-0.25, -0.2) is 9.59 Å². The SMILES string of the molecule is CCN1CCC(OC(=O)c2ccc(Cl)cc2)N(C)C1=O. The minimum Gasteiger partial charge on any atom is -0.438 e. The minimum atomic E-state index is -0.520. The fourth-order valence-electron chi connectivity index (χ4n) is 2.11. The molecule has 0 aromatic heterocycles. The van der Waals surface area contributed by atoms with Crippen LogP contribution in [0.4, 0.5) is 4.79 Å². The van der Waals surface area contributed by atoms with Crippen LogP contribution < -0.4 is 0 Å². The first-order valence-corrected chi connectivity index (χ1v) is 6.89. The Bertz CT molecular complexity index is 504. The highest BCUT2D eigenvalue weighted by atomic mass is 35.5. The van der Waals surface area contributed by atoms with E-state index in [9.17, 15) is 9.59 Å². The normalized spacial score (nSPS) is 19.1. The van der Waals surface area contributed by atoms with Crippen LogP contribution in [0.25, 0.3) is 0 Å². The lowest BCUT2D eigenvalue weighted by molar-refractivity contribution is -0.0326.